The van der Waals surface area contributed by atoms with Crippen molar-refractivity contribution in [3.8, 4) is 11.3 Å². The summed E-state index contributed by atoms with van der Waals surface area (Å²) in [4.78, 5) is 7.43. The molecule has 1 aromatic heterocycles. The number of aromatic amines is 1. The van der Waals surface area contributed by atoms with Crippen molar-refractivity contribution in [3.63, 3.8) is 0 Å². The molecule has 0 atom stereocenters. The van der Waals surface area contributed by atoms with Crippen LogP contribution in [0, 0.1) is 13.8 Å². The lowest BCUT2D eigenvalue weighted by molar-refractivity contribution is 1.15. The topological polar surface area (TPSA) is 28.7 Å². The molecule has 1 aromatic carbocycles. The van der Waals surface area contributed by atoms with Crippen molar-refractivity contribution in [1.29, 1.82) is 0 Å². The molecule has 0 aliphatic heterocycles. The van der Waals surface area contributed by atoms with Crippen LogP contribution in [0.1, 0.15) is 11.4 Å². The van der Waals surface area contributed by atoms with Gasteiger partial charge in [0.1, 0.15) is 5.82 Å². The van der Waals surface area contributed by atoms with Crippen molar-refractivity contribution in [2.75, 3.05) is 0 Å². The predicted molar refractivity (Wildman–Crippen MR) is 58.5 cm³/mol. The highest BCUT2D eigenvalue weighted by Gasteiger charge is 2.06. The van der Waals surface area contributed by atoms with Gasteiger partial charge >= 0.3 is 0 Å². The van der Waals surface area contributed by atoms with Crippen molar-refractivity contribution >= 4 is 11.6 Å². The van der Waals surface area contributed by atoms with E-state index >= 15 is 0 Å². The first-order valence-corrected chi connectivity index (χ1v) is 4.84. The smallest absolute Gasteiger partial charge is 0.103 e. The van der Waals surface area contributed by atoms with E-state index in [1.807, 2.05) is 38.2 Å². The second-order valence-corrected chi connectivity index (χ2v) is 3.69. The Kier molecular flexibility index (Phi) is 2.30. The number of nitrogens with one attached hydrogen (secondary N) is 1. The normalized spacial score (nSPS) is 10.5. The van der Waals surface area contributed by atoms with Crippen LogP contribution in [0.3, 0.4) is 0 Å². The highest BCUT2D eigenvalue weighted by Crippen LogP contribution is 2.26. The molecule has 1 N–H and O–H groups in total. The van der Waals surface area contributed by atoms with Crippen molar-refractivity contribution in [3.05, 3.63) is 40.8 Å². The van der Waals surface area contributed by atoms with Crippen LogP contribution in [0.25, 0.3) is 11.3 Å². The van der Waals surface area contributed by atoms with Gasteiger partial charge < -0.3 is 4.98 Å². The second kappa shape index (κ2) is 3.46. The van der Waals surface area contributed by atoms with Crippen LogP contribution in [-0.4, -0.2) is 9.97 Å². The fourth-order valence-corrected chi connectivity index (χ4v) is 1.62. The molecule has 0 fully saturated rings. The van der Waals surface area contributed by atoms with E-state index in [1.54, 1.807) is 0 Å². The van der Waals surface area contributed by atoms with Gasteiger partial charge in [0, 0.05) is 16.8 Å². The van der Waals surface area contributed by atoms with E-state index in [0.29, 0.717) is 0 Å². The maximum atomic E-state index is 6.03. The molecule has 0 aliphatic rings. The minimum absolute atomic E-state index is 0.781. The molecule has 0 bridgehead atoms. The van der Waals surface area contributed by atoms with Crippen LogP contribution in [0.5, 0.6) is 0 Å². The van der Waals surface area contributed by atoms with Gasteiger partial charge in [0.2, 0.25) is 0 Å². The zero-order valence-electron chi connectivity index (χ0n) is 8.13. The molecule has 3 heteroatoms. The molecule has 0 aliphatic carbocycles. The van der Waals surface area contributed by atoms with Gasteiger partial charge in [0.05, 0.1) is 5.69 Å². The summed E-state index contributed by atoms with van der Waals surface area (Å²) in [5.41, 5.74) is 3.10. The molecule has 2 rings (SSSR count). The first-order chi connectivity index (χ1) is 6.68. The van der Waals surface area contributed by atoms with Crippen LogP contribution in [0.2, 0.25) is 5.02 Å². The molecule has 0 saturated heterocycles. The van der Waals surface area contributed by atoms with Crippen LogP contribution in [0.15, 0.2) is 24.4 Å². The van der Waals surface area contributed by atoms with E-state index in [0.717, 1.165) is 27.7 Å². The third kappa shape index (κ3) is 1.53. The minimum atomic E-state index is 0.781. The van der Waals surface area contributed by atoms with Gasteiger partial charge in [-0.3, -0.25) is 0 Å². The van der Waals surface area contributed by atoms with Gasteiger partial charge in [0.15, 0.2) is 0 Å². The molecular formula is C11H11ClN2. The molecule has 0 saturated carbocycles. The van der Waals surface area contributed by atoms with Gasteiger partial charge in [-0.25, -0.2) is 4.98 Å². The number of rotatable bonds is 1. The average molecular weight is 207 g/mol. The summed E-state index contributed by atoms with van der Waals surface area (Å²) in [7, 11) is 0. The second-order valence-electron chi connectivity index (χ2n) is 3.28. The van der Waals surface area contributed by atoms with Crippen LogP contribution in [0.4, 0.5) is 0 Å². The van der Waals surface area contributed by atoms with Crippen molar-refractivity contribution in [2.24, 2.45) is 0 Å². The van der Waals surface area contributed by atoms with E-state index in [-0.39, 0.29) is 0 Å². The van der Waals surface area contributed by atoms with Crippen LogP contribution in [-0.2, 0) is 0 Å². The van der Waals surface area contributed by atoms with Gasteiger partial charge in [0.25, 0.3) is 0 Å². The summed E-state index contributed by atoms with van der Waals surface area (Å²) in [6, 6.07) is 5.85. The summed E-state index contributed by atoms with van der Waals surface area (Å²) in [5, 5.41) is 0.781. The highest BCUT2D eigenvalue weighted by molar-refractivity contribution is 6.31. The lowest BCUT2D eigenvalue weighted by Crippen LogP contribution is -1.84. The maximum absolute atomic E-state index is 6.03. The van der Waals surface area contributed by atoms with Gasteiger partial charge in [-0.2, -0.15) is 0 Å². The summed E-state index contributed by atoms with van der Waals surface area (Å²) in [6.45, 7) is 3.94. The van der Waals surface area contributed by atoms with E-state index in [1.165, 1.54) is 0 Å². The molecule has 72 valence electrons. The van der Waals surface area contributed by atoms with Crippen LogP contribution < -0.4 is 0 Å². The third-order valence-electron chi connectivity index (χ3n) is 2.25. The molecule has 0 amide bonds. The number of hydrogen-bond donors (Lipinski definition) is 1. The first-order valence-electron chi connectivity index (χ1n) is 4.46. The maximum Gasteiger partial charge on any atom is 0.103 e. The SMILES string of the molecule is Cc1nc(-c2cccc(Cl)c2C)c[nH]1. The van der Waals surface area contributed by atoms with E-state index < -0.39 is 0 Å². The fraction of sp³-hybridized carbons (Fsp3) is 0.182. The van der Waals surface area contributed by atoms with Crippen molar-refractivity contribution in [1.82, 2.24) is 9.97 Å². The molecule has 0 spiro atoms. The molecule has 0 unspecified atom stereocenters. The van der Waals surface area contributed by atoms with Crippen molar-refractivity contribution < 1.29 is 0 Å². The standard InChI is InChI=1S/C11H11ClN2/c1-7-9(4-3-5-10(7)12)11-6-13-8(2)14-11/h3-6H,1-2H3,(H,13,14). The number of imidazole rings is 1. The van der Waals surface area contributed by atoms with E-state index in [9.17, 15) is 0 Å². The Morgan fingerprint density at radius 3 is 2.71 bits per heavy atom. The Morgan fingerprint density at radius 2 is 2.07 bits per heavy atom. The Bertz CT molecular complexity index is 460. The molecule has 14 heavy (non-hydrogen) atoms. The molecular weight excluding hydrogens is 196 g/mol. The van der Waals surface area contributed by atoms with E-state index in [2.05, 4.69) is 9.97 Å². The predicted octanol–water partition coefficient (Wildman–Crippen LogP) is 3.35. The van der Waals surface area contributed by atoms with Crippen molar-refractivity contribution in [2.45, 2.75) is 13.8 Å². The Morgan fingerprint density at radius 1 is 1.29 bits per heavy atom. The third-order valence-corrected chi connectivity index (χ3v) is 2.66. The van der Waals surface area contributed by atoms with Gasteiger partial charge in [-0.15, -0.1) is 0 Å². The number of halogens is 1. The number of nitrogens with zero attached hydrogens (tertiary/aromatic N) is 1. The molecule has 2 nitrogen and oxygen atoms in total. The number of H-pyrrole nitrogens is 1. The summed E-state index contributed by atoms with van der Waals surface area (Å²) >= 11 is 6.03. The Balaban J connectivity index is 2.57. The Hall–Kier alpha value is -1.28. The molecule has 2 aromatic rings. The van der Waals surface area contributed by atoms with Gasteiger partial charge in [-0.1, -0.05) is 23.7 Å². The molecule has 0 radical (unpaired) electrons. The molecule has 1 heterocycles. The minimum Gasteiger partial charge on any atom is -0.348 e. The summed E-state index contributed by atoms with van der Waals surface area (Å²) in [5.74, 6) is 0.916. The average Bonchev–Trinajstić information content (AvgIpc) is 2.57. The largest absolute Gasteiger partial charge is 0.348 e. The number of aromatic nitrogens is 2. The van der Waals surface area contributed by atoms with E-state index in [4.69, 9.17) is 11.6 Å². The monoisotopic (exact) mass is 206 g/mol. The fourth-order valence-electron chi connectivity index (χ4n) is 1.44. The first kappa shape index (κ1) is 9.28. The highest BCUT2D eigenvalue weighted by atomic mass is 35.5. The zero-order chi connectivity index (χ0) is 10.1. The number of hydrogen-bond acceptors (Lipinski definition) is 1. The summed E-state index contributed by atoms with van der Waals surface area (Å²) < 4.78 is 0. The number of aryl methyl sites for hydroxylation is 1. The lowest BCUT2D eigenvalue weighted by atomic mass is 10.1. The Labute approximate surface area is 88.0 Å². The summed E-state index contributed by atoms with van der Waals surface area (Å²) in [6.07, 6.45) is 1.90. The lowest BCUT2D eigenvalue weighted by Gasteiger charge is -2.03. The zero-order valence-corrected chi connectivity index (χ0v) is 8.89. The van der Waals surface area contributed by atoms with Gasteiger partial charge in [-0.05, 0) is 25.5 Å². The number of benzene rings is 1. The quantitative estimate of drug-likeness (QED) is 0.762. The van der Waals surface area contributed by atoms with Crippen LogP contribution >= 0.6 is 11.6 Å².